The first-order chi connectivity index (χ1) is 33.7. The molecule has 0 unspecified atom stereocenters. The lowest BCUT2D eigenvalue weighted by molar-refractivity contribution is 0.668. The first kappa shape index (κ1) is 36.9. The molecule has 0 saturated carbocycles. The largest absolute Gasteiger partial charge is 0.456 e. The first-order valence-electron chi connectivity index (χ1n) is 22.8. The summed E-state index contributed by atoms with van der Waals surface area (Å²) in [6, 6.07) is 74.4. The van der Waals surface area contributed by atoms with Gasteiger partial charge < -0.3 is 18.0 Å². The molecule has 15 aromatic rings. The van der Waals surface area contributed by atoms with Crippen molar-refractivity contribution in [1.29, 1.82) is 0 Å². The molecule has 0 aliphatic carbocycles. The molecular formula is C61H35N5O2. The minimum absolute atomic E-state index is 0.532. The minimum atomic E-state index is 0.532. The maximum absolute atomic E-state index is 6.67. The van der Waals surface area contributed by atoms with Crippen molar-refractivity contribution in [2.45, 2.75) is 0 Å². The van der Waals surface area contributed by atoms with Crippen LogP contribution < -0.4 is 0 Å². The molecule has 0 aliphatic heterocycles. The molecule has 7 heteroatoms. The smallest absolute Gasteiger partial charge is 0.166 e. The highest BCUT2D eigenvalue weighted by atomic mass is 16.3. The summed E-state index contributed by atoms with van der Waals surface area (Å²) in [5.74, 6) is 1.63. The second-order valence-electron chi connectivity index (χ2n) is 17.5. The highest BCUT2D eigenvalue weighted by molar-refractivity contribution is 6.18. The summed E-state index contributed by atoms with van der Waals surface area (Å²) in [6.07, 6.45) is 0. The Morgan fingerprint density at radius 1 is 0.309 bits per heavy atom. The third kappa shape index (κ3) is 5.38. The van der Waals surface area contributed by atoms with Gasteiger partial charge in [0.15, 0.2) is 17.5 Å². The predicted molar refractivity (Wildman–Crippen MR) is 277 cm³/mol. The van der Waals surface area contributed by atoms with Crippen molar-refractivity contribution in [2.24, 2.45) is 0 Å². The zero-order valence-electron chi connectivity index (χ0n) is 36.3. The summed E-state index contributed by atoms with van der Waals surface area (Å²) >= 11 is 0. The van der Waals surface area contributed by atoms with Gasteiger partial charge in [0.05, 0.1) is 33.3 Å². The molecule has 0 spiro atoms. The van der Waals surface area contributed by atoms with Crippen LogP contribution in [-0.4, -0.2) is 24.1 Å². The van der Waals surface area contributed by atoms with Gasteiger partial charge in [-0.15, -0.1) is 0 Å². The average Bonchev–Trinajstić information content (AvgIpc) is 4.15. The molecule has 0 fully saturated rings. The number of benzene rings is 10. The molecule has 0 aliphatic rings. The number of nitrogens with zero attached hydrogens (tertiary/aromatic N) is 5. The maximum atomic E-state index is 6.67. The molecule has 15 rings (SSSR count). The number of hydrogen-bond acceptors (Lipinski definition) is 5. The molecule has 7 nitrogen and oxygen atoms in total. The Labute approximate surface area is 387 Å². The van der Waals surface area contributed by atoms with E-state index < -0.39 is 0 Å². The number of rotatable bonds is 5. The van der Waals surface area contributed by atoms with Crippen LogP contribution in [0.1, 0.15) is 0 Å². The van der Waals surface area contributed by atoms with Crippen LogP contribution in [0.25, 0.3) is 144 Å². The second kappa shape index (κ2) is 14.1. The lowest BCUT2D eigenvalue weighted by atomic mass is 10.0. The number of hydrogen-bond donors (Lipinski definition) is 0. The topological polar surface area (TPSA) is 74.8 Å². The van der Waals surface area contributed by atoms with Gasteiger partial charge in [-0.2, -0.15) is 0 Å². The van der Waals surface area contributed by atoms with Gasteiger partial charge in [-0.05, 0) is 95.7 Å². The molecule has 10 aromatic carbocycles. The van der Waals surface area contributed by atoms with E-state index in [4.69, 9.17) is 23.8 Å². The van der Waals surface area contributed by atoms with E-state index in [-0.39, 0.29) is 0 Å². The van der Waals surface area contributed by atoms with Crippen LogP contribution in [0.4, 0.5) is 0 Å². The van der Waals surface area contributed by atoms with E-state index in [2.05, 4.69) is 185 Å². The zero-order chi connectivity index (χ0) is 44.5. The van der Waals surface area contributed by atoms with Crippen LogP contribution in [0, 0.1) is 0 Å². The van der Waals surface area contributed by atoms with Gasteiger partial charge in [-0.3, -0.25) is 0 Å². The highest BCUT2D eigenvalue weighted by Gasteiger charge is 2.25. The van der Waals surface area contributed by atoms with E-state index in [1.54, 1.807) is 0 Å². The van der Waals surface area contributed by atoms with Crippen molar-refractivity contribution in [2.75, 3.05) is 0 Å². The van der Waals surface area contributed by atoms with E-state index in [1.165, 1.54) is 16.2 Å². The second-order valence-corrected chi connectivity index (χ2v) is 17.5. The SMILES string of the molecule is c1ccc(-n2c3ccccc3c3ccc(-c4nc(-c5ccc6oc7ccccc7c6c5)nc(-c5c(-n6c7ccccc7c7cc8ccccc8cc76)ccc6oc7ccccc7c56)n4)cc32)cc1. The van der Waals surface area contributed by atoms with Crippen molar-refractivity contribution in [3.8, 4) is 45.5 Å². The van der Waals surface area contributed by atoms with Crippen LogP contribution >= 0.6 is 0 Å². The fraction of sp³-hybridized carbons (Fsp3) is 0. The van der Waals surface area contributed by atoms with Gasteiger partial charge in [-0.25, -0.2) is 15.0 Å². The molecular weight excluding hydrogens is 835 g/mol. The molecule has 0 atom stereocenters. The lowest BCUT2D eigenvalue weighted by Crippen LogP contribution is -2.04. The summed E-state index contributed by atoms with van der Waals surface area (Å²) in [5, 5.41) is 11.0. The lowest BCUT2D eigenvalue weighted by Gasteiger charge is -2.16. The van der Waals surface area contributed by atoms with Crippen molar-refractivity contribution in [3.63, 3.8) is 0 Å². The Bertz CT molecular complexity index is 4570. The molecule has 316 valence electrons. The van der Waals surface area contributed by atoms with Crippen LogP contribution in [0.3, 0.4) is 0 Å². The van der Waals surface area contributed by atoms with Gasteiger partial charge in [0.25, 0.3) is 0 Å². The Morgan fingerprint density at radius 2 is 0.838 bits per heavy atom. The molecule has 0 amide bonds. The van der Waals surface area contributed by atoms with Crippen molar-refractivity contribution >= 4 is 98.3 Å². The Balaban J connectivity index is 1.06. The minimum Gasteiger partial charge on any atom is -0.456 e. The third-order valence-corrected chi connectivity index (χ3v) is 13.7. The monoisotopic (exact) mass is 869 g/mol. The van der Waals surface area contributed by atoms with Crippen molar-refractivity contribution in [1.82, 2.24) is 24.1 Å². The van der Waals surface area contributed by atoms with Crippen molar-refractivity contribution in [3.05, 3.63) is 212 Å². The molecule has 68 heavy (non-hydrogen) atoms. The van der Waals surface area contributed by atoms with Crippen LogP contribution in [-0.2, 0) is 0 Å². The van der Waals surface area contributed by atoms with Gasteiger partial charge >= 0.3 is 0 Å². The molecule has 0 N–H and O–H groups in total. The molecule has 0 bridgehead atoms. The highest BCUT2D eigenvalue weighted by Crippen LogP contribution is 2.44. The van der Waals surface area contributed by atoms with Gasteiger partial charge in [0.1, 0.15) is 22.3 Å². The van der Waals surface area contributed by atoms with Gasteiger partial charge in [-0.1, -0.05) is 127 Å². The summed E-state index contributed by atoms with van der Waals surface area (Å²) < 4.78 is 17.7. The molecule has 0 saturated heterocycles. The van der Waals surface area contributed by atoms with E-state index in [9.17, 15) is 0 Å². The number of para-hydroxylation sites is 5. The molecule has 0 radical (unpaired) electrons. The fourth-order valence-electron chi connectivity index (χ4n) is 10.7. The van der Waals surface area contributed by atoms with E-state index in [0.717, 1.165) is 110 Å². The van der Waals surface area contributed by atoms with Gasteiger partial charge in [0.2, 0.25) is 0 Å². The van der Waals surface area contributed by atoms with E-state index in [0.29, 0.717) is 17.5 Å². The van der Waals surface area contributed by atoms with Gasteiger partial charge in [0, 0.05) is 59.9 Å². The van der Waals surface area contributed by atoms with Crippen LogP contribution in [0.5, 0.6) is 0 Å². The van der Waals surface area contributed by atoms with Crippen LogP contribution in [0.2, 0.25) is 0 Å². The molecule has 5 heterocycles. The zero-order valence-corrected chi connectivity index (χ0v) is 36.3. The quantitative estimate of drug-likeness (QED) is 0.172. The number of furan rings is 2. The molecule has 5 aromatic heterocycles. The average molecular weight is 870 g/mol. The third-order valence-electron chi connectivity index (χ3n) is 13.7. The normalized spacial score (nSPS) is 12.1. The summed E-state index contributed by atoms with van der Waals surface area (Å²) in [5.41, 5.74) is 12.1. The van der Waals surface area contributed by atoms with Crippen molar-refractivity contribution < 1.29 is 8.83 Å². The number of aromatic nitrogens is 5. The predicted octanol–water partition coefficient (Wildman–Crippen LogP) is 16.0. The standard InChI is InChI=1S/C61H35N5O2/c1-2-16-40(17-3-1)65-48-22-10-6-18-41(48)43-28-26-39(35-51(43)65)60-62-59(38-27-30-55-47(33-38)44-20-8-12-24-53(44)67-55)63-61(64-60)58-50(29-31-56-57(58)45-21-9-13-25-54(45)68-56)66-49-23-11-7-19-42(49)46-32-36-14-4-5-15-37(36)34-52(46)66/h1-35H. The van der Waals surface area contributed by atoms with E-state index >= 15 is 0 Å². The summed E-state index contributed by atoms with van der Waals surface area (Å²) in [6.45, 7) is 0. The summed E-state index contributed by atoms with van der Waals surface area (Å²) in [7, 11) is 0. The maximum Gasteiger partial charge on any atom is 0.166 e. The Morgan fingerprint density at radius 3 is 1.63 bits per heavy atom. The Hall–Kier alpha value is -9.33. The fourth-order valence-corrected chi connectivity index (χ4v) is 10.7. The summed E-state index contributed by atoms with van der Waals surface area (Å²) in [4.78, 5) is 16.5. The van der Waals surface area contributed by atoms with Crippen LogP contribution in [0.15, 0.2) is 221 Å². The van der Waals surface area contributed by atoms with E-state index in [1.807, 2.05) is 36.4 Å². The number of fused-ring (bicyclic) bond motifs is 13. The first-order valence-corrected chi connectivity index (χ1v) is 22.8. The Kier molecular flexibility index (Phi) is 7.65.